The van der Waals surface area contributed by atoms with Gasteiger partial charge < -0.3 is 36.0 Å². The molecule has 4 N–H and O–H groups in total. The molecule has 236 valence electrons. The molecule has 13 nitrogen and oxygen atoms in total. The Morgan fingerprint density at radius 1 is 0.952 bits per heavy atom. The van der Waals surface area contributed by atoms with Crippen LogP contribution < -0.4 is 21.3 Å². The fourth-order valence-corrected chi connectivity index (χ4v) is 4.93. The number of nitrogens with one attached hydrogen (secondary N) is 4. The van der Waals surface area contributed by atoms with E-state index in [1.807, 2.05) is 41.5 Å². The number of ketones is 1. The van der Waals surface area contributed by atoms with Crippen LogP contribution in [-0.2, 0) is 19.2 Å². The molecule has 2 aliphatic rings. The van der Waals surface area contributed by atoms with Crippen molar-refractivity contribution in [1.29, 1.82) is 0 Å². The van der Waals surface area contributed by atoms with Crippen LogP contribution in [0.1, 0.15) is 60.8 Å². The third-order valence-electron chi connectivity index (χ3n) is 7.58. The lowest BCUT2D eigenvalue weighted by atomic mass is 9.85. The maximum Gasteiger partial charge on any atom is 0.319 e. The quantitative estimate of drug-likeness (QED) is 0.206. The average Bonchev–Trinajstić information content (AvgIpc) is 3.39. The summed E-state index contributed by atoms with van der Waals surface area (Å²) in [6, 6.07) is -2.81. The monoisotopic (exact) mass is 591 g/mol. The largest absolute Gasteiger partial charge is 0.347 e. The Morgan fingerprint density at radius 2 is 1.62 bits per heavy atom. The number of likely N-dealkylation sites (tertiary alicyclic amines) is 1. The lowest BCUT2D eigenvalue weighted by Crippen LogP contribution is -2.62. The molecule has 0 aromatic rings. The van der Waals surface area contributed by atoms with Crippen molar-refractivity contribution in [3.63, 3.8) is 0 Å². The van der Waals surface area contributed by atoms with Gasteiger partial charge in [-0.1, -0.05) is 47.6 Å². The minimum absolute atomic E-state index is 0.0853. The maximum atomic E-state index is 13.8. The second-order valence-electron chi connectivity index (χ2n) is 13.2. The van der Waals surface area contributed by atoms with Crippen molar-refractivity contribution in [2.75, 3.05) is 46.3 Å². The zero-order valence-corrected chi connectivity index (χ0v) is 26.2. The van der Waals surface area contributed by atoms with Gasteiger partial charge in [-0.25, -0.2) is 9.59 Å². The lowest BCUT2D eigenvalue weighted by molar-refractivity contribution is -0.142. The number of urea groups is 2. The first-order chi connectivity index (χ1) is 19.5. The molecule has 0 radical (unpaired) electrons. The minimum Gasteiger partial charge on any atom is -0.347 e. The van der Waals surface area contributed by atoms with Gasteiger partial charge in [0.15, 0.2) is 0 Å². The molecule has 0 saturated carbocycles. The number of Topliss-reactive ketones (excluding diaryl/α,β-unsaturated/α-hetero) is 1. The van der Waals surface area contributed by atoms with Gasteiger partial charge >= 0.3 is 12.1 Å². The van der Waals surface area contributed by atoms with Gasteiger partial charge in [-0.2, -0.15) is 0 Å². The highest BCUT2D eigenvalue weighted by atomic mass is 16.2. The molecule has 0 aliphatic carbocycles. The molecule has 2 fully saturated rings. The van der Waals surface area contributed by atoms with Crippen LogP contribution >= 0.6 is 0 Å². The minimum atomic E-state index is -0.958. The summed E-state index contributed by atoms with van der Waals surface area (Å²) in [5, 5.41) is 10.7. The highest BCUT2D eigenvalue weighted by Crippen LogP contribution is 2.26. The van der Waals surface area contributed by atoms with E-state index in [1.54, 1.807) is 16.8 Å². The van der Waals surface area contributed by atoms with Crippen molar-refractivity contribution in [1.82, 2.24) is 36.0 Å². The number of carbonyl (C=O) groups is 6. The van der Waals surface area contributed by atoms with Gasteiger partial charge in [0, 0.05) is 39.8 Å². The topological polar surface area (TPSA) is 160 Å². The van der Waals surface area contributed by atoms with Crippen molar-refractivity contribution < 1.29 is 28.8 Å². The zero-order chi connectivity index (χ0) is 31.8. The summed E-state index contributed by atoms with van der Waals surface area (Å²) in [7, 11) is 1.76. The molecule has 2 aliphatic heterocycles. The summed E-state index contributed by atoms with van der Waals surface area (Å²) in [6.45, 7) is 16.4. The molecule has 2 rings (SSSR count). The van der Waals surface area contributed by atoms with Gasteiger partial charge in [0.2, 0.25) is 17.6 Å². The van der Waals surface area contributed by atoms with E-state index in [1.165, 1.54) is 11.0 Å². The highest BCUT2D eigenvalue weighted by Gasteiger charge is 2.42. The number of hydrogen-bond acceptors (Lipinski definition) is 6. The van der Waals surface area contributed by atoms with Gasteiger partial charge in [0.05, 0.1) is 12.6 Å². The summed E-state index contributed by atoms with van der Waals surface area (Å²) in [5.74, 6) is -2.58. The number of rotatable bonds is 11. The van der Waals surface area contributed by atoms with Crippen LogP contribution in [0.2, 0.25) is 0 Å². The molecular formula is C29H49N7O6. The molecule has 13 heteroatoms. The predicted molar refractivity (Wildman–Crippen MR) is 158 cm³/mol. The van der Waals surface area contributed by atoms with Gasteiger partial charge in [-0.3, -0.25) is 19.2 Å². The Kier molecular flexibility index (Phi) is 11.9. The van der Waals surface area contributed by atoms with Crippen molar-refractivity contribution in [3.05, 3.63) is 12.7 Å². The number of carbonyl (C=O) groups excluding carboxylic acids is 6. The lowest BCUT2D eigenvalue weighted by Gasteiger charge is -2.40. The van der Waals surface area contributed by atoms with Crippen molar-refractivity contribution in [3.8, 4) is 0 Å². The molecule has 2 saturated heterocycles. The van der Waals surface area contributed by atoms with E-state index in [4.69, 9.17) is 0 Å². The van der Waals surface area contributed by atoms with Crippen LogP contribution in [0, 0.1) is 10.8 Å². The molecule has 0 unspecified atom stereocenters. The Balaban J connectivity index is 2.10. The van der Waals surface area contributed by atoms with E-state index >= 15 is 0 Å². The Bertz CT molecular complexity index is 1050. The average molecular weight is 592 g/mol. The van der Waals surface area contributed by atoms with E-state index < -0.39 is 59.6 Å². The summed E-state index contributed by atoms with van der Waals surface area (Å²) in [5.41, 5.74) is -1.08. The van der Waals surface area contributed by atoms with Gasteiger partial charge in [0.25, 0.3) is 5.91 Å². The van der Waals surface area contributed by atoms with Crippen LogP contribution in [0.3, 0.4) is 0 Å². The molecule has 42 heavy (non-hydrogen) atoms. The standard InChI is InChI=1S/C29H49N7O6/c1-9-13-30-24(39)20(37)17-31-23(38)19-12-10-16-36(19)25(40)22(29(5,6)7)33-26(41)32-21(28(2,3)4)18-35-15-11-14-34(8)27(35)42/h9,19,21-22H,1,10-18H2,2-8H3,(H,30,39)(H,31,38)(H2,32,33,41)/t19-,21+,22+/m0/s1. The van der Waals surface area contributed by atoms with Crippen molar-refractivity contribution >= 4 is 35.6 Å². The first-order valence-corrected chi connectivity index (χ1v) is 14.5. The van der Waals surface area contributed by atoms with Crippen LogP contribution in [0.4, 0.5) is 9.59 Å². The Labute approximate surface area is 249 Å². The van der Waals surface area contributed by atoms with E-state index in [9.17, 15) is 28.8 Å². The van der Waals surface area contributed by atoms with E-state index in [-0.39, 0.29) is 18.0 Å². The SMILES string of the molecule is C=CCNC(=O)C(=O)CNC(=O)[C@@H]1CCCN1C(=O)[C@@H](NC(=O)N[C@H](CN1CCCN(C)C1=O)C(C)(C)C)C(C)(C)C. The maximum absolute atomic E-state index is 13.8. The smallest absolute Gasteiger partial charge is 0.319 e. The first-order valence-electron chi connectivity index (χ1n) is 14.5. The highest BCUT2D eigenvalue weighted by molar-refractivity contribution is 6.37. The molecule has 0 aromatic heterocycles. The van der Waals surface area contributed by atoms with Crippen LogP contribution in [0.15, 0.2) is 12.7 Å². The van der Waals surface area contributed by atoms with Gasteiger partial charge in [0.1, 0.15) is 12.1 Å². The third-order valence-corrected chi connectivity index (χ3v) is 7.58. The molecular weight excluding hydrogens is 542 g/mol. The van der Waals surface area contributed by atoms with Gasteiger partial charge in [-0.05, 0) is 30.1 Å². The van der Waals surface area contributed by atoms with E-state index in [0.717, 1.165) is 6.42 Å². The van der Waals surface area contributed by atoms with Crippen LogP contribution in [-0.4, -0.2) is 115 Å². The summed E-state index contributed by atoms with van der Waals surface area (Å²) in [6.07, 6.45) is 3.24. The van der Waals surface area contributed by atoms with Crippen LogP contribution in [0.25, 0.3) is 0 Å². The normalized spacial score (nSPS) is 19.1. The third kappa shape index (κ3) is 9.45. The molecule has 2 heterocycles. The number of hydrogen-bond donors (Lipinski definition) is 4. The second kappa shape index (κ2) is 14.5. The molecule has 0 spiro atoms. The van der Waals surface area contributed by atoms with Crippen molar-refractivity contribution in [2.45, 2.75) is 78.9 Å². The number of amides is 7. The summed E-state index contributed by atoms with van der Waals surface area (Å²) >= 11 is 0. The fourth-order valence-electron chi connectivity index (χ4n) is 4.93. The van der Waals surface area contributed by atoms with Crippen LogP contribution in [0.5, 0.6) is 0 Å². The first kappa shape index (κ1) is 34.6. The van der Waals surface area contributed by atoms with E-state index in [2.05, 4.69) is 27.8 Å². The molecule has 0 bridgehead atoms. The molecule has 0 aromatic carbocycles. The predicted octanol–water partition coefficient (Wildman–Crippen LogP) is 0.851. The van der Waals surface area contributed by atoms with E-state index in [0.29, 0.717) is 39.0 Å². The summed E-state index contributed by atoms with van der Waals surface area (Å²) < 4.78 is 0. The molecule has 3 atom stereocenters. The zero-order valence-electron chi connectivity index (χ0n) is 26.2. The van der Waals surface area contributed by atoms with Gasteiger partial charge in [-0.15, -0.1) is 6.58 Å². The Morgan fingerprint density at radius 3 is 2.21 bits per heavy atom. The summed E-state index contributed by atoms with van der Waals surface area (Å²) in [4.78, 5) is 81.4. The fraction of sp³-hybridized carbons (Fsp3) is 0.724. The van der Waals surface area contributed by atoms with Crippen molar-refractivity contribution in [2.24, 2.45) is 10.8 Å². The molecule has 7 amide bonds. The number of nitrogens with zero attached hydrogens (tertiary/aromatic N) is 3. The second-order valence-corrected chi connectivity index (χ2v) is 13.2. The Hall–Kier alpha value is -3.64.